The van der Waals surface area contributed by atoms with Crippen LogP contribution in [0.2, 0.25) is 0 Å². The molecule has 1 aromatic carbocycles. The van der Waals surface area contributed by atoms with Crippen LogP contribution in [0.25, 0.3) is 17.2 Å². The summed E-state index contributed by atoms with van der Waals surface area (Å²) in [5.74, 6) is 0.00775. The van der Waals surface area contributed by atoms with Gasteiger partial charge in [-0.05, 0) is 6.92 Å². The maximum Gasteiger partial charge on any atom is 0.345 e. The Morgan fingerprint density at radius 2 is 2.10 bits per heavy atom. The molecule has 0 aliphatic carbocycles. The van der Waals surface area contributed by atoms with Crippen LogP contribution in [-0.4, -0.2) is 32.2 Å². The molecule has 0 aliphatic heterocycles. The van der Waals surface area contributed by atoms with Gasteiger partial charge in [0.15, 0.2) is 5.82 Å². The molecular weight excluding hydrogens is 272 g/mol. The molecule has 7 nitrogen and oxygen atoms in total. The number of rotatable bonds is 3. The SMILES string of the molecule is CCOC(=O)c1cnc2nc(-c3ccccc3)[nH]n2c1=O. The molecule has 0 saturated carbocycles. The Balaban J connectivity index is 2.13. The summed E-state index contributed by atoms with van der Waals surface area (Å²) in [6.07, 6.45) is 1.19. The number of ether oxygens (including phenoxy) is 1. The highest BCUT2D eigenvalue weighted by molar-refractivity contribution is 5.88. The van der Waals surface area contributed by atoms with Gasteiger partial charge in [0.2, 0.25) is 0 Å². The molecule has 2 heterocycles. The number of hydrogen-bond acceptors (Lipinski definition) is 5. The van der Waals surface area contributed by atoms with Crippen molar-refractivity contribution in [1.29, 1.82) is 0 Å². The Labute approximate surface area is 119 Å². The Bertz CT molecular complexity index is 852. The normalized spacial score (nSPS) is 10.7. The molecule has 0 amide bonds. The zero-order valence-corrected chi connectivity index (χ0v) is 11.2. The smallest absolute Gasteiger partial charge is 0.345 e. The fraction of sp³-hybridized carbons (Fsp3) is 0.143. The second kappa shape index (κ2) is 5.20. The van der Waals surface area contributed by atoms with E-state index in [1.54, 1.807) is 6.92 Å². The van der Waals surface area contributed by atoms with Crippen molar-refractivity contribution in [2.45, 2.75) is 6.92 Å². The van der Waals surface area contributed by atoms with E-state index in [1.165, 1.54) is 6.20 Å². The predicted octanol–water partition coefficient (Wildman–Crippen LogP) is 1.26. The molecule has 0 fully saturated rings. The van der Waals surface area contributed by atoms with Gasteiger partial charge in [0, 0.05) is 5.56 Å². The first-order valence-electron chi connectivity index (χ1n) is 6.41. The number of nitrogens with zero attached hydrogens (tertiary/aromatic N) is 3. The lowest BCUT2D eigenvalue weighted by Crippen LogP contribution is -2.24. The molecule has 2 aromatic heterocycles. The highest BCUT2D eigenvalue weighted by atomic mass is 16.5. The quantitative estimate of drug-likeness (QED) is 0.731. The molecule has 3 aromatic rings. The van der Waals surface area contributed by atoms with Crippen LogP contribution >= 0.6 is 0 Å². The van der Waals surface area contributed by atoms with Crippen molar-refractivity contribution in [3.05, 3.63) is 52.4 Å². The van der Waals surface area contributed by atoms with Crippen molar-refractivity contribution in [1.82, 2.24) is 19.6 Å². The Morgan fingerprint density at radius 1 is 1.33 bits per heavy atom. The van der Waals surface area contributed by atoms with Crippen molar-refractivity contribution >= 4 is 11.7 Å². The number of carbonyl (C=O) groups is 1. The van der Waals surface area contributed by atoms with Gasteiger partial charge < -0.3 is 4.74 Å². The van der Waals surface area contributed by atoms with Gasteiger partial charge in [0.05, 0.1) is 12.8 Å². The van der Waals surface area contributed by atoms with E-state index in [9.17, 15) is 9.59 Å². The lowest BCUT2D eigenvalue weighted by Gasteiger charge is -2.00. The maximum atomic E-state index is 12.2. The van der Waals surface area contributed by atoms with E-state index in [2.05, 4.69) is 15.1 Å². The fourth-order valence-electron chi connectivity index (χ4n) is 1.93. The van der Waals surface area contributed by atoms with Crippen LogP contribution in [0, 0.1) is 0 Å². The van der Waals surface area contributed by atoms with Gasteiger partial charge in [-0.1, -0.05) is 30.3 Å². The molecule has 0 aliphatic rings. The standard InChI is InChI=1S/C14H12N4O3/c1-2-21-13(20)10-8-15-14-16-11(17-18(14)12(10)19)9-6-4-3-5-7-9/h3-8H,2H2,1H3,(H,15,16,17). The van der Waals surface area contributed by atoms with Gasteiger partial charge in [-0.3, -0.25) is 9.89 Å². The minimum Gasteiger partial charge on any atom is -0.462 e. The highest BCUT2D eigenvalue weighted by Gasteiger charge is 2.16. The van der Waals surface area contributed by atoms with Crippen LogP contribution < -0.4 is 5.56 Å². The van der Waals surface area contributed by atoms with E-state index >= 15 is 0 Å². The number of H-pyrrole nitrogens is 1. The topological polar surface area (TPSA) is 89.3 Å². The first-order chi connectivity index (χ1) is 10.2. The monoisotopic (exact) mass is 284 g/mol. The van der Waals surface area contributed by atoms with E-state index in [1.807, 2.05) is 30.3 Å². The van der Waals surface area contributed by atoms with Gasteiger partial charge in [-0.2, -0.15) is 9.50 Å². The third kappa shape index (κ3) is 2.29. The minimum atomic E-state index is -0.694. The van der Waals surface area contributed by atoms with E-state index in [-0.39, 0.29) is 17.9 Å². The lowest BCUT2D eigenvalue weighted by atomic mass is 10.2. The number of esters is 1. The van der Waals surface area contributed by atoms with Crippen molar-refractivity contribution in [3.63, 3.8) is 0 Å². The molecule has 0 unspecified atom stereocenters. The summed E-state index contributed by atoms with van der Waals surface area (Å²) in [4.78, 5) is 32.2. The minimum absolute atomic E-state index is 0.127. The van der Waals surface area contributed by atoms with Crippen molar-refractivity contribution in [3.8, 4) is 11.4 Å². The molecule has 0 bridgehead atoms. The average Bonchev–Trinajstić information content (AvgIpc) is 2.94. The van der Waals surface area contributed by atoms with Gasteiger partial charge in [0.1, 0.15) is 5.56 Å². The molecule has 0 atom stereocenters. The first-order valence-corrected chi connectivity index (χ1v) is 6.41. The maximum absolute atomic E-state index is 12.2. The summed E-state index contributed by atoms with van der Waals surface area (Å²) < 4.78 is 5.96. The molecule has 7 heteroatoms. The van der Waals surface area contributed by atoms with E-state index < -0.39 is 11.5 Å². The first kappa shape index (κ1) is 13.0. The number of benzene rings is 1. The van der Waals surface area contributed by atoms with E-state index in [4.69, 9.17) is 4.74 Å². The molecule has 3 rings (SSSR count). The van der Waals surface area contributed by atoms with E-state index in [0.717, 1.165) is 10.1 Å². The summed E-state index contributed by atoms with van der Waals surface area (Å²) in [5, 5.41) is 2.84. The van der Waals surface area contributed by atoms with Gasteiger partial charge >= 0.3 is 5.97 Å². The Morgan fingerprint density at radius 3 is 2.81 bits per heavy atom. The largest absolute Gasteiger partial charge is 0.462 e. The third-order valence-corrected chi connectivity index (χ3v) is 2.91. The molecule has 106 valence electrons. The number of carbonyl (C=O) groups excluding carboxylic acids is 1. The second-order valence-corrected chi connectivity index (χ2v) is 4.27. The third-order valence-electron chi connectivity index (χ3n) is 2.91. The zero-order chi connectivity index (χ0) is 14.8. The summed E-state index contributed by atoms with van der Waals surface area (Å²) in [5.41, 5.74) is 0.158. The highest BCUT2D eigenvalue weighted by Crippen LogP contribution is 2.13. The van der Waals surface area contributed by atoms with Crippen molar-refractivity contribution in [2.24, 2.45) is 0 Å². The molecule has 0 radical (unpaired) electrons. The molecule has 1 N–H and O–H groups in total. The van der Waals surface area contributed by atoms with Gasteiger partial charge in [-0.15, -0.1) is 0 Å². The summed E-state index contributed by atoms with van der Waals surface area (Å²) in [6, 6.07) is 9.32. The number of nitrogens with one attached hydrogen (secondary N) is 1. The Hall–Kier alpha value is -2.96. The van der Waals surface area contributed by atoms with Crippen LogP contribution in [-0.2, 0) is 4.74 Å². The van der Waals surface area contributed by atoms with Crippen LogP contribution in [0.15, 0.2) is 41.3 Å². The van der Waals surface area contributed by atoms with Gasteiger partial charge in [-0.25, -0.2) is 9.78 Å². The number of fused-ring (bicyclic) bond motifs is 1. The van der Waals surface area contributed by atoms with E-state index in [0.29, 0.717) is 5.82 Å². The van der Waals surface area contributed by atoms with Crippen LogP contribution in [0.4, 0.5) is 0 Å². The summed E-state index contributed by atoms with van der Waals surface area (Å²) in [7, 11) is 0. The van der Waals surface area contributed by atoms with Crippen LogP contribution in [0.3, 0.4) is 0 Å². The zero-order valence-electron chi connectivity index (χ0n) is 11.2. The molecular formula is C14H12N4O3. The average molecular weight is 284 g/mol. The predicted molar refractivity (Wildman–Crippen MR) is 75.0 cm³/mol. The molecule has 0 spiro atoms. The number of aromatic amines is 1. The number of hydrogen-bond donors (Lipinski definition) is 1. The van der Waals surface area contributed by atoms with Crippen molar-refractivity contribution < 1.29 is 9.53 Å². The van der Waals surface area contributed by atoms with Crippen LogP contribution in [0.1, 0.15) is 17.3 Å². The second-order valence-electron chi connectivity index (χ2n) is 4.27. The van der Waals surface area contributed by atoms with Crippen molar-refractivity contribution in [2.75, 3.05) is 6.61 Å². The Kier molecular flexibility index (Phi) is 3.23. The van der Waals surface area contributed by atoms with Gasteiger partial charge in [0.25, 0.3) is 11.3 Å². The fourth-order valence-corrected chi connectivity index (χ4v) is 1.93. The number of aromatic nitrogens is 4. The summed E-state index contributed by atoms with van der Waals surface area (Å²) >= 11 is 0. The van der Waals surface area contributed by atoms with Crippen LogP contribution in [0.5, 0.6) is 0 Å². The molecule has 0 saturated heterocycles. The lowest BCUT2D eigenvalue weighted by molar-refractivity contribution is 0.0523. The molecule has 21 heavy (non-hydrogen) atoms. The summed E-state index contributed by atoms with van der Waals surface area (Å²) in [6.45, 7) is 1.87.